The molecule has 158 valence electrons. The maximum absolute atomic E-state index is 11.4. The molecule has 2 aromatic heterocycles. The van der Waals surface area contributed by atoms with E-state index in [1.807, 2.05) is 29.0 Å². The molecule has 9 nitrogen and oxygen atoms in total. The number of nitro groups is 1. The number of ether oxygens (including phenoxy) is 1. The summed E-state index contributed by atoms with van der Waals surface area (Å²) < 4.78 is 12.8. The summed E-state index contributed by atoms with van der Waals surface area (Å²) in [6.45, 7) is 4.23. The van der Waals surface area contributed by atoms with Crippen molar-refractivity contribution >= 4 is 17.3 Å². The molecule has 0 aliphatic heterocycles. The van der Waals surface area contributed by atoms with E-state index in [0.717, 1.165) is 5.56 Å². The Morgan fingerprint density at radius 2 is 2.10 bits per heavy atom. The summed E-state index contributed by atoms with van der Waals surface area (Å²) in [4.78, 5) is 19.3. The van der Waals surface area contributed by atoms with Crippen molar-refractivity contribution in [2.45, 2.75) is 26.5 Å². The number of halogens is 1. The van der Waals surface area contributed by atoms with Crippen molar-refractivity contribution in [1.29, 1.82) is 0 Å². The highest BCUT2D eigenvalue weighted by Crippen LogP contribution is 2.34. The normalized spacial score (nSPS) is 11.1. The third kappa shape index (κ3) is 4.56. The fourth-order valence-corrected chi connectivity index (χ4v) is 3.31. The minimum atomic E-state index is -0.506. The molecule has 0 bridgehead atoms. The number of nitro benzene ring substituents is 1. The van der Waals surface area contributed by atoms with E-state index in [4.69, 9.17) is 20.9 Å². The summed E-state index contributed by atoms with van der Waals surface area (Å²) in [5.74, 6) is 0.618. The van der Waals surface area contributed by atoms with Gasteiger partial charge in [0.05, 0.1) is 22.4 Å². The molecule has 4 rings (SSSR count). The second-order valence-corrected chi connectivity index (χ2v) is 7.49. The van der Waals surface area contributed by atoms with Crippen molar-refractivity contribution in [2.75, 3.05) is 0 Å². The summed E-state index contributed by atoms with van der Waals surface area (Å²) in [5.41, 5.74) is 1.83. The Labute approximate surface area is 182 Å². The molecular weight excluding hydrogens is 422 g/mol. The van der Waals surface area contributed by atoms with Crippen LogP contribution < -0.4 is 4.74 Å². The van der Waals surface area contributed by atoms with Gasteiger partial charge in [0.2, 0.25) is 5.82 Å². The molecule has 0 saturated heterocycles. The predicted octanol–water partition coefficient (Wildman–Crippen LogP) is 5.00. The lowest BCUT2D eigenvalue weighted by Crippen LogP contribution is -2.07. The summed E-state index contributed by atoms with van der Waals surface area (Å²) in [5, 5.41) is 15.9. The maximum Gasteiger partial charge on any atom is 0.311 e. The zero-order chi connectivity index (χ0) is 22.0. The lowest BCUT2D eigenvalue weighted by Gasteiger charge is -2.10. The van der Waals surface area contributed by atoms with Gasteiger partial charge in [-0.2, -0.15) is 4.98 Å². The molecule has 0 spiro atoms. The first-order valence-electron chi connectivity index (χ1n) is 9.44. The van der Waals surface area contributed by atoms with E-state index in [0.29, 0.717) is 28.5 Å². The van der Waals surface area contributed by atoms with E-state index < -0.39 is 4.92 Å². The van der Waals surface area contributed by atoms with Crippen LogP contribution in [0, 0.1) is 10.1 Å². The fraction of sp³-hybridized carbons (Fsp3) is 0.190. The van der Waals surface area contributed by atoms with Crippen LogP contribution in [-0.4, -0.2) is 30.7 Å². The SMILES string of the molecule is CC(C)Oc1ccc(-c2nc(-c3ccc(Cn4ccnc4)cc3Cl)no2)cc1[N+](=O)[O-]. The van der Waals surface area contributed by atoms with E-state index in [2.05, 4.69) is 15.1 Å². The van der Waals surface area contributed by atoms with Crippen LogP contribution in [-0.2, 0) is 6.54 Å². The molecule has 0 aliphatic rings. The number of rotatable bonds is 7. The Balaban J connectivity index is 1.61. The first kappa shape index (κ1) is 20.5. The quantitative estimate of drug-likeness (QED) is 0.294. The molecule has 10 heteroatoms. The Morgan fingerprint density at radius 3 is 2.77 bits per heavy atom. The highest BCUT2D eigenvalue weighted by atomic mass is 35.5. The van der Waals surface area contributed by atoms with Crippen molar-refractivity contribution in [1.82, 2.24) is 19.7 Å². The molecule has 0 aliphatic carbocycles. The third-order valence-corrected chi connectivity index (χ3v) is 4.70. The molecule has 0 amide bonds. The molecule has 0 saturated carbocycles. The topological polar surface area (TPSA) is 109 Å². The molecule has 4 aromatic rings. The van der Waals surface area contributed by atoms with E-state index in [1.54, 1.807) is 32.4 Å². The summed E-state index contributed by atoms with van der Waals surface area (Å²) in [7, 11) is 0. The number of hydrogen-bond acceptors (Lipinski definition) is 7. The van der Waals surface area contributed by atoms with Gasteiger partial charge in [-0.1, -0.05) is 22.8 Å². The standard InChI is InChI=1S/C21H18ClN5O4/c1-13(2)30-19-6-4-15(10-18(19)27(28)29)21-24-20(25-31-21)16-5-3-14(9-17(16)22)11-26-8-7-23-12-26/h3-10,12-13H,11H2,1-2H3. The summed E-state index contributed by atoms with van der Waals surface area (Å²) in [6.07, 6.45) is 5.11. The van der Waals surface area contributed by atoms with Gasteiger partial charge < -0.3 is 13.8 Å². The first-order valence-corrected chi connectivity index (χ1v) is 9.82. The Kier molecular flexibility index (Phi) is 5.68. The Bertz CT molecular complexity index is 1220. The van der Waals surface area contributed by atoms with E-state index in [-0.39, 0.29) is 23.4 Å². The first-order chi connectivity index (χ1) is 14.9. The zero-order valence-electron chi connectivity index (χ0n) is 16.7. The molecule has 2 aromatic carbocycles. The predicted molar refractivity (Wildman–Crippen MR) is 114 cm³/mol. The zero-order valence-corrected chi connectivity index (χ0v) is 17.5. The van der Waals surface area contributed by atoms with Crippen molar-refractivity contribution in [3.8, 4) is 28.6 Å². The van der Waals surface area contributed by atoms with Gasteiger partial charge in [-0.05, 0) is 43.7 Å². The number of imidazole rings is 1. The summed E-state index contributed by atoms with van der Waals surface area (Å²) in [6, 6.07) is 10.1. The van der Waals surface area contributed by atoms with Gasteiger partial charge in [0.15, 0.2) is 5.75 Å². The molecule has 0 atom stereocenters. The second-order valence-electron chi connectivity index (χ2n) is 7.08. The van der Waals surface area contributed by atoms with Gasteiger partial charge in [-0.15, -0.1) is 0 Å². The van der Waals surface area contributed by atoms with Crippen LogP contribution in [0.25, 0.3) is 22.8 Å². The minimum Gasteiger partial charge on any atom is -0.484 e. The maximum atomic E-state index is 11.4. The van der Waals surface area contributed by atoms with Crippen LogP contribution >= 0.6 is 11.6 Å². The molecule has 0 unspecified atom stereocenters. The molecular formula is C21H18ClN5O4. The highest BCUT2D eigenvalue weighted by Gasteiger charge is 2.21. The van der Waals surface area contributed by atoms with Gasteiger partial charge >= 0.3 is 5.69 Å². The minimum absolute atomic E-state index is 0.146. The van der Waals surface area contributed by atoms with Gasteiger partial charge in [-0.25, -0.2) is 4.98 Å². The van der Waals surface area contributed by atoms with Crippen LogP contribution in [0.2, 0.25) is 5.02 Å². The van der Waals surface area contributed by atoms with Crippen molar-refractivity contribution in [3.63, 3.8) is 0 Å². The van der Waals surface area contributed by atoms with Crippen LogP contribution in [0.3, 0.4) is 0 Å². The number of nitrogens with zero attached hydrogens (tertiary/aromatic N) is 5. The largest absolute Gasteiger partial charge is 0.484 e. The van der Waals surface area contributed by atoms with Crippen LogP contribution in [0.15, 0.2) is 59.6 Å². The molecule has 0 fully saturated rings. The van der Waals surface area contributed by atoms with Crippen molar-refractivity contribution < 1.29 is 14.2 Å². The van der Waals surface area contributed by atoms with Gasteiger partial charge in [0, 0.05) is 36.1 Å². The van der Waals surface area contributed by atoms with Gasteiger partial charge in [0.1, 0.15) is 0 Å². The highest BCUT2D eigenvalue weighted by molar-refractivity contribution is 6.33. The van der Waals surface area contributed by atoms with E-state index >= 15 is 0 Å². The number of aromatic nitrogens is 4. The lowest BCUT2D eigenvalue weighted by atomic mass is 10.1. The lowest BCUT2D eigenvalue weighted by molar-refractivity contribution is -0.386. The second kappa shape index (κ2) is 8.57. The average molecular weight is 440 g/mol. The summed E-state index contributed by atoms with van der Waals surface area (Å²) >= 11 is 6.44. The molecule has 31 heavy (non-hydrogen) atoms. The van der Waals surface area contributed by atoms with Crippen molar-refractivity contribution in [2.24, 2.45) is 0 Å². The van der Waals surface area contributed by atoms with E-state index in [9.17, 15) is 10.1 Å². The number of benzene rings is 2. The van der Waals surface area contributed by atoms with Crippen molar-refractivity contribution in [3.05, 3.63) is 75.8 Å². The van der Waals surface area contributed by atoms with Crippen LogP contribution in [0.1, 0.15) is 19.4 Å². The van der Waals surface area contributed by atoms with Gasteiger partial charge in [-0.3, -0.25) is 10.1 Å². The molecule has 0 radical (unpaired) electrons. The number of hydrogen-bond donors (Lipinski definition) is 0. The van der Waals surface area contributed by atoms with E-state index in [1.165, 1.54) is 12.1 Å². The Hall–Kier alpha value is -3.72. The Morgan fingerprint density at radius 1 is 1.26 bits per heavy atom. The van der Waals surface area contributed by atoms with Crippen LogP contribution in [0.5, 0.6) is 5.75 Å². The molecule has 2 heterocycles. The monoisotopic (exact) mass is 439 g/mol. The fourth-order valence-electron chi connectivity index (χ4n) is 3.03. The van der Waals surface area contributed by atoms with Crippen LogP contribution in [0.4, 0.5) is 5.69 Å². The average Bonchev–Trinajstić information content (AvgIpc) is 3.40. The van der Waals surface area contributed by atoms with Gasteiger partial charge in [0.25, 0.3) is 5.89 Å². The third-order valence-electron chi connectivity index (χ3n) is 4.39. The smallest absolute Gasteiger partial charge is 0.311 e. The molecule has 0 N–H and O–H groups in total.